The lowest BCUT2D eigenvalue weighted by Gasteiger charge is -2.23. The van der Waals surface area contributed by atoms with E-state index in [1.54, 1.807) is 6.07 Å². The summed E-state index contributed by atoms with van der Waals surface area (Å²) in [5, 5.41) is 13.5. The molecule has 0 spiro atoms. The van der Waals surface area contributed by atoms with Gasteiger partial charge in [0, 0.05) is 23.6 Å². The van der Waals surface area contributed by atoms with E-state index in [-0.39, 0.29) is 12.6 Å². The summed E-state index contributed by atoms with van der Waals surface area (Å²) < 4.78 is 10.8. The molecule has 0 N–H and O–H groups in total. The van der Waals surface area contributed by atoms with Crippen LogP contribution in [-0.4, -0.2) is 28.2 Å². The number of aryl methyl sites for hydroxylation is 1. The molecule has 1 unspecified atom stereocenters. The topological polar surface area (TPSA) is 75.2 Å². The van der Waals surface area contributed by atoms with Crippen LogP contribution in [0.1, 0.15) is 43.1 Å². The van der Waals surface area contributed by atoms with E-state index in [9.17, 15) is 0 Å². The number of nitrogens with zero attached hydrogens (tertiary/aromatic N) is 4. The molecule has 2 heterocycles. The van der Waals surface area contributed by atoms with Crippen LogP contribution in [0.3, 0.4) is 0 Å². The van der Waals surface area contributed by atoms with E-state index in [0.717, 1.165) is 37.2 Å². The predicted molar refractivity (Wildman–Crippen MR) is 88.6 cm³/mol. The summed E-state index contributed by atoms with van der Waals surface area (Å²) >= 11 is 6.13. The maximum Gasteiger partial charge on any atom is 0.226 e. The molecule has 7 heteroatoms. The maximum absolute atomic E-state index is 8.74. The molecule has 0 saturated carbocycles. The van der Waals surface area contributed by atoms with Gasteiger partial charge in [-0.25, -0.2) is 0 Å². The zero-order chi connectivity index (χ0) is 16.9. The predicted octanol–water partition coefficient (Wildman–Crippen LogP) is 3.52. The molecule has 126 valence electrons. The molecular weight excluding hydrogens is 328 g/mol. The molecule has 1 aromatic carbocycles. The highest BCUT2D eigenvalue weighted by atomic mass is 35.5. The molecule has 1 aliphatic rings. The molecular formula is C17H19ClN4O2. The Morgan fingerprint density at radius 1 is 1.50 bits per heavy atom. The first kappa shape index (κ1) is 16.7. The van der Waals surface area contributed by atoms with E-state index < -0.39 is 0 Å². The van der Waals surface area contributed by atoms with Gasteiger partial charge in [-0.3, -0.25) is 4.90 Å². The van der Waals surface area contributed by atoms with Crippen molar-refractivity contribution in [1.29, 1.82) is 5.26 Å². The highest BCUT2D eigenvalue weighted by Gasteiger charge is 2.30. The van der Waals surface area contributed by atoms with Crippen molar-refractivity contribution >= 4 is 11.6 Å². The van der Waals surface area contributed by atoms with Crippen molar-refractivity contribution < 1.29 is 9.26 Å². The summed E-state index contributed by atoms with van der Waals surface area (Å²) in [7, 11) is 0. The van der Waals surface area contributed by atoms with E-state index in [1.165, 1.54) is 0 Å². The summed E-state index contributed by atoms with van der Waals surface area (Å²) in [6.07, 6.45) is 2.81. The van der Waals surface area contributed by atoms with E-state index in [2.05, 4.69) is 15.0 Å². The zero-order valence-corrected chi connectivity index (χ0v) is 14.3. The number of aromatic nitrogens is 2. The quantitative estimate of drug-likeness (QED) is 0.796. The van der Waals surface area contributed by atoms with Crippen LogP contribution >= 0.6 is 11.6 Å². The molecule has 0 bridgehead atoms. The summed E-state index contributed by atoms with van der Waals surface area (Å²) in [5.74, 6) is 2.09. The van der Waals surface area contributed by atoms with E-state index >= 15 is 0 Å². The molecule has 2 aromatic rings. The standard InChI is InChI=1S/C17H19ClN4O2/c1-2-16-20-17(21-24-16)14-4-3-8-22(14)11-12-10-13(18)5-6-15(12)23-9-7-19/h5-6,10,14H,2-4,8-9,11H2,1H3. The summed E-state index contributed by atoms with van der Waals surface area (Å²) in [6.45, 7) is 3.63. The summed E-state index contributed by atoms with van der Waals surface area (Å²) in [6, 6.07) is 7.60. The molecule has 1 saturated heterocycles. The number of rotatable bonds is 6. The van der Waals surface area contributed by atoms with Crippen LogP contribution in [-0.2, 0) is 13.0 Å². The van der Waals surface area contributed by atoms with Crippen molar-refractivity contribution in [3.63, 3.8) is 0 Å². The minimum absolute atomic E-state index is 0.0166. The highest BCUT2D eigenvalue weighted by molar-refractivity contribution is 6.30. The monoisotopic (exact) mass is 346 g/mol. The molecule has 1 aliphatic heterocycles. The third-order valence-electron chi connectivity index (χ3n) is 4.14. The molecule has 1 aromatic heterocycles. The Bertz CT molecular complexity index is 740. The first-order valence-electron chi connectivity index (χ1n) is 8.06. The SMILES string of the molecule is CCc1nc(C2CCCN2Cc2cc(Cl)ccc2OCC#N)no1. The van der Waals surface area contributed by atoms with Crippen LogP contribution in [0.4, 0.5) is 0 Å². The molecule has 0 amide bonds. The first-order valence-corrected chi connectivity index (χ1v) is 8.43. The highest BCUT2D eigenvalue weighted by Crippen LogP contribution is 2.34. The van der Waals surface area contributed by atoms with Gasteiger partial charge in [-0.15, -0.1) is 0 Å². The Morgan fingerprint density at radius 2 is 2.38 bits per heavy atom. The Kier molecular flexibility index (Phi) is 5.34. The summed E-state index contributed by atoms with van der Waals surface area (Å²) in [4.78, 5) is 6.77. The fourth-order valence-electron chi connectivity index (χ4n) is 3.00. The first-order chi connectivity index (χ1) is 11.7. The largest absolute Gasteiger partial charge is 0.478 e. The number of ether oxygens (including phenoxy) is 1. The minimum atomic E-state index is 0.0166. The average molecular weight is 347 g/mol. The van der Waals surface area contributed by atoms with Gasteiger partial charge < -0.3 is 9.26 Å². The van der Waals surface area contributed by atoms with Crippen LogP contribution in [0.15, 0.2) is 22.7 Å². The number of hydrogen-bond acceptors (Lipinski definition) is 6. The molecule has 3 rings (SSSR count). The Balaban J connectivity index is 1.79. The van der Waals surface area contributed by atoms with E-state index in [0.29, 0.717) is 23.2 Å². The van der Waals surface area contributed by atoms with Crippen molar-refractivity contribution in [3.05, 3.63) is 40.5 Å². The van der Waals surface area contributed by atoms with Crippen LogP contribution in [0.25, 0.3) is 0 Å². The molecule has 1 fully saturated rings. The Morgan fingerprint density at radius 3 is 3.12 bits per heavy atom. The van der Waals surface area contributed by atoms with Gasteiger partial charge in [0.2, 0.25) is 5.89 Å². The molecule has 24 heavy (non-hydrogen) atoms. The summed E-state index contributed by atoms with van der Waals surface area (Å²) in [5.41, 5.74) is 0.962. The molecule has 0 aliphatic carbocycles. The second kappa shape index (κ2) is 7.65. The van der Waals surface area contributed by atoms with Crippen LogP contribution in [0, 0.1) is 11.3 Å². The van der Waals surface area contributed by atoms with E-state index in [1.807, 2.05) is 25.1 Å². The van der Waals surface area contributed by atoms with Crippen molar-refractivity contribution in [2.45, 2.75) is 38.8 Å². The normalized spacial score (nSPS) is 17.8. The van der Waals surface area contributed by atoms with Crippen molar-refractivity contribution in [1.82, 2.24) is 15.0 Å². The average Bonchev–Trinajstić information content (AvgIpc) is 3.22. The van der Waals surface area contributed by atoms with Gasteiger partial charge in [-0.05, 0) is 37.6 Å². The molecule has 0 radical (unpaired) electrons. The van der Waals surface area contributed by atoms with Gasteiger partial charge in [-0.1, -0.05) is 23.7 Å². The number of likely N-dealkylation sites (tertiary alicyclic amines) is 1. The van der Waals surface area contributed by atoms with Gasteiger partial charge in [0.15, 0.2) is 12.4 Å². The number of halogens is 1. The minimum Gasteiger partial charge on any atom is -0.478 e. The number of hydrogen-bond donors (Lipinski definition) is 0. The van der Waals surface area contributed by atoms with Crippen LogP contribution in [0.2, 0.25) is 5.02 Å². The second-order valence-electron chi connectivity index (χ2n) is 5.73. The van der Waals surface area contributed by atoms with Crippen molar-refractivity contribution in [3.8, 4) is 11.8 Å². The Labute approximate surface area is 146 Å². The van der Waals surface area contributed by atoms with Crippen molar-refractivity contribution in [2.75, 3.05) is 13.2 Å². The van der Waals surface area contributed by atoms with Gasteiger partial charge in [0.25, 0.3) is 0 Å². The number of nitriles is 1. The fourth-order valence-corrected chi connectivity index (χ4v) is 3.19. The van der Waals surface area contributed by atoms with Gasteiger partial charge in [-0.2, -0.15) is 10.2 Å². The lowest BCUT2D eigenvalue weighted by molar-refractivity contribution is 0.230. The van der Waals surface area contributed by atoms with Gasteiger partial charge in [0.05, 0.1) is 6.04 Å². The smallest absolute Gasteiger partial charge is 0.226 e. The second-order valence-corrected chi connectivity index (χ2v) is 6.16. The lowest BCUT2D eigenvalue weighted by atomic mass is 10.1. The van der Waals surface area contributed by atoms with Crippen LogP contribution in [0.5, 0.6) is 5.75 Å². The van der Waals surface area contributed by atoms with Crippen molar-refractivity contribution in [2.24, 2.45) is 0 Å². The Hall–Kier alpha value is -2.10. The van der Waals surface area contributed by atoms with Gasteiger partial charge in [0.1, 0.15) is 11.8 Å². The lowest BCUT2D eigenvalue weighted by Crippen LogP contribution is -2.24. The zero-order valence-electron chi connectivity index (χ0n) is 13.5. The molecule has 6 nitrogen and oxygen atoms in total. The van der Waals surface area contributed by atoms with Gasteiger partial charge >= 0.3 is 0 Å². The third kappa shape index (κ3) is 3.69. The third-order valence-corrected chi connectivity index (χ3v) is 4.37. The molecule has 1 atom stereocenters. The van der Waals surface area contributed by atoms with Crippen LogP contribution < -0.4 is 4.74 Å². The fraction of sp³-hybridized carbons (Fsp3) is 0.471. The van der Waals surface area contributed by atoms with E-state index in [4.69, 9.17) is 26.1 Å². The number of benzene rings is 1. The maximum atomic E-state index is 8.74.